The second kappa shape index (κ2) is 6.47. The third kappa shape index (κ3) is 3.79. The molecule has 0 N–H and O–H groups in total. The number of hydrogen-bond acceptors (Lipinski definition) is 3. The van der Waals surface area contributed by atoms with Gasteiger partial charge < -0.3 is 0 Å². The van der Waals surface area contributed by atoms with Gasteiger partial charge in [-0.15, -0.1) is 12.6 Å². The molecular weight excluding hydrogens is 260 g/mol. The summed E-state index contributed by atoms with van der Waals surface area (Å²) >= 11 is 5.55. The summed E-state index contributed by atoms with van der Waals surface area (Å²) in [7, 11) is 0. The number of hydrogen-bond donors (Lipinski definition) is 1. The lowest BCUT2D eigenvalue weighted by molar-refractivity contribution is -0.107. The maximum atomic E-state index is 11.8. The van der Waals surface area contributed by atoms with E-state index in [1.54, 1.807) is 6.08 Å². The second-order valence-corrected chi connectivity index (χ2v) is 5.19. The van der Waals surface area contributed by atoms with Crippen LogP contribution in [0.1, 0.15) is 5.56 Å². The second-order valence-electron chi connectivity index (χ2n) is 3.63. The number of thioether (sulfide) groups is 1. The average Bonchev–Trinajstić information content (AvgIpc) is 2.40. The molecule has 0 aliphatic rings. The van der Waals surface area contributed by atoms with E-state index in [0.29, 0.717) is 4.91 Å². The number of benzene rings is 2. The van der Waals surface area contributed by atoms with Crippen molar-refractivity contribution in [1.29, 1.82) is 0 Å². The Hall–Kier alpha value is -1.45. The zero-order valence-corrected chi connectivity index (χ0v) is 11.3. The Kier molecular flexibility index (Phi) is 4.67. The molecule has 0 bridgehead atoms. The van der Waals surface area contributed by atoms with Gasteiger partial charge in [-0.2, -0.15) is 0 Å². The molecular formula is C15H12OS2. The third-order valence-corrected chi connectivity index (χ3v) is 3.50. The molecule has 0 aliphatic carbocycles. The van der Waals surface area contributed by atoms with Crippen LogP contribution < -0.4 is 0 Å². The lowest BCUT2D eigenvalue weighted by atomic mass is 10.2. The molecule has 0 fully saturated rings. The van der Waals surface area contributed by atoms with Gasteiger partial charge in [0, 0.05) is 15.9 Å². The molecule has 18 heavy (non-hydrogen) atoms. The minimum atomic E-state index is -0.0185. The molecule has 2 aromatic carbocycles. The molecule has 90 valence electrons. The molecule has 0 radical (unpaired) electrons. The molecule has 2 rings (SSSR count). The van der Waals surface area contributed by atoms with E-state index in [2.05, 4.69) is 12.6 Å². The van der Waals surface area contributed by atoms with E-state index in [1.165, 1.54) is 11.8 Å². The van der Waals surface area contributed by atoms with E-state index in [9.17, 15) is 4.79 Å². The first-order chi connectivity index (χ1) is 8.75. The maximum Gasteiger partial charge on any atom is 0.218 e. The van der Waals surface area contributed by atoms with E-state index in [1.807, 2.05) is 60.7 Å². The molecule has 0 spiro atoms. The van der Waals surface area contributed by atoms with Gasteiger partial charge >= 0.3 is 0 Å². The normalized spacial score (nSPS) is 11.3. The van der Waals surface area contributed by atoms with Crippen molar-refractivity contribution in [3.63, 3.8) is 0 Å². The van der Waals surface area contributed by atoms with Gasteiger partial charge in [-0.05, 0) is 29.5 Å². The predicted molar refractivity (Wildman–Crippen MR) is 80.7 cm³/mol. The van der Waals surface area contributed by atoms with E-state index < -0.39 is 0 Å². The average molecular weight is 272 g/mol. The van der Waals surface area contributed by atoms with Crippen LogP contribution in [-0.2, 0) is 4.79 Å². The maximum absolute atomic E-state index is 11.8. The largest absolute Gasteiger partial charge is 0.282 e. The van der Waals surface area contributed by atoms with Gasteiger partial charge in [0.15, 0.2) is 0 Å². The van der Waals surface area contributed by atoms with Crippen molar-refractivity contribution in [1.82, 2.24) is 0 Å². The molecule has 0 unspecified atom stereocenters. The topological polar surface area (TPSA) is 17.1 Å². The summed E-state index contributed by atoms with van der Waals surface area (Å²) in [6.45, 7) is 0. The fourth-order valence-corrected chi connectivity index (χ4v) is 2.49. The molecule has 0 aromatic heterocycles. The quantitative estimate of drug-likeness (QED) is 0.510. The van der Waals surface area contributed by atoms with Crippen LogP contribution in [0.4, 0.5) is 0 Å². The molecule has 0 aliphatic heterocycles. The highest BCUT2D eigenvalue weighted by molar-refractivity contribution is 8.14. The van der Waals surface area contributed by atoms with Crippen LogP contribution in [-0.4, -0.2) is 5.12 Å². The van der Waals surface area contributed by atoms with Crippen LogP contribution in [0.5, 0.6) is 0 Å². The lowest BCUT2D eigenvalue weighted by Gasteiger charge is -2.00. The van der Waals surface area contributed by atoms with Gasteiger partial charge in [0.2, 0.25) is 5.12 Å². The Morgan fingerprint density at radius 3 is 2.11 bits per heavy atom. The van der Waals surface area contributed by atoms with Gasteiger partial charge in [0.25, 0.3) is 0 Å². The Bertz CT molecular complexity index is 547. The number of carbonyl (C=O) groups excluding carboxylic acids is 1. The first-order valence-electron chi connectivity index (χ1n) is 5.48. The standard InChI is InChI=1S/C15H12OS2/c16-15(18-13-9-5-2-6-10-13)11-14(17)12-7-3-1-4-8-12/h1-11,17H/b14-11-. The SMILES string of the molecule is O=C(/C=C(\S)c1ccccc1)Sc1ccccc1. The Labute approximate surface area is 116 Å². The smallest absolute Gasteiger partial charge is 0.218 e. The summed E-state index contributed by atoms with van der Waals surface area (Å²) in [5.74, 6) is 0. The highest BCUT2D eigenvalue weighted by atomic mass is 32.2. The Morgan fingerprint density at radius 2 is 1.50 bits per heavy atom. The van der Waals surface area contributed by atoms with Gasteiger partial charge in [0.1, 0.15) is 0 Å². The van der Waals surface area contributed by atoms with E-state index in [0.717, 1.165) is 10.5 Å². The summed E-state index contributed by atoms with van der Waals surface area (Å²) in [6.07, 6.45) is 1.55. The van der Waals surface area contributed by atoms with E-state index in [4.69, 9.17) is 0 Å². The third-order valence-electron chi connectivity index (χ3n) is 2.29. The van der Waals surface area contributed by atoms with Crippen molar-refractivity contribution < 1.29 is 4.79 Å². The van der Waals surface area contributed by atoms with Crippen LogP contribution in [0.2, 0.25) is 0 Å². The van der Waals surface area contributed by atoms with Gasteiger partial charge in [0.05, 0.1) is 0 Å². The lowest BCUT2D eigenvalue weighted by Crippen LogP contribution is -1.86. The monoisotopic (exact) mass is 272 g/mol. The zero-order chi connectivity index (χ0) is 12.8. The summed E-state index contributed by atoms with van der Waals surface area (Å²) in [5, 5.41) is -0.0185. The summed E-state index contributed by atoms with van der Waals surface area (Å²) in [4.78, 5) is 13.5. The Morgan fingerprint density at radius 1 is 0.944 bits per heavy atom. The fourth-order valence-electron chi connectivity index (χ4n) is 1.44. The van der Waals surface area contributed by atoms with Crippen molar-refractivity contribution in [3.8, 4) is 0 Å². The van der Waals surface area contributed by atoms with Crippen molar-refractivity contribution in [3.05, 3.63) is 72.3 Å². The molecule has 0 heterocycles. The van der Waals surface area contributed by atoms with Crippen LogP contribution in [0, 0.1) is 0 Å². The van der Waals surface area contributed by atoms with E-state index >= 15 is 0 Å². The number of carbonyl (C=O) groups is 1. The molecule has 0 atom stereocenters. The minimum absolute atomic E-state index is 0.0185. The predicted octanol–water partition coefficient (Wildman–Crippen LogP) is 4.28. The van der Waals surface area contributed by atoms with Crippen LogP contribution in [0.25, 0.3) is 4.91 Å². The van der Waals surface area contributed by atoms with E-state index in [-0.39, 0.29) is 5.12 Å². The summed E-state index contributed by atoms with van der Waals surface area (Å²) in [6, 6.07) is 19.2. The van der Waals surface area contributed by atoms with Crippen molar-refractivity contribution >= 4 is 34.4 Å². The molecule has 0 saturated carbocycles. The minimum Gasteiger partial charge on any atom is -0.282 e. The number of rotatable bonds is 3. The van der Waals surface area contributed by atoms with Crippen molar-refractivity contribution in [2.45, 2.75) is 4.90 Å². The fraction of sp³-hybridized carbons (Fsp3) is 0. The molecule has 0 amide bonds. The summed E-state index contributed by atoms with van der Waals surface area (Å²) in [5.41, 5.74) is 0.947. The van der Waals surface area contributed by atoms with Gasteiger partial charge in [-0.1, -0.05) is 48.5 Å². The van der Waals surface area contributed by atoms with Crippen molar-refractivity contribution in [2.75, 3.05) is 0 Å². The first kappa shape index (κ1) is 13.0. The van der Waals surface area contributed by atoms with Crippen LogP contribution in [0.3, 0.4) is 0 Å². The Balaban J connectivity index is 2.07. The molecule has 2 aromatic rings. The first-order valence-corrected chi connectivity index (χ1v) is 6.75. The highest BCUT2D eigenvalue weighted by Crippen LogP contribution is 2.23. The van der Waals surface area contributed by atoms with Crippen LogP contribution >= 0.6 is 24.4 Å². The zero-order valence-electron chi connectivity index (χ0n) is 9.61. The molecule has 1 nitrogen and oxygen atoms in total. The molecule has 3 heteroatoms. The number of thiol groups is 1. The van der Waals surface area contributed by atoms with Crippen molar-refractivity contribution in [2.24, 2.45) is 0 Å². The van der Waals surface area contributed by atoms with Gasteiger partial charge in [-0.25, -0.2) is 0 Å². The molecule has 0 saturated heterocycles. The van der Waals surface area contributed by atoms with Gasteiger partial charge in [-0.3, -0.25) is 4.79 Å². The summed E-state index contributed by atoms with van der Waals surface area (Å²) < 4.78 is 0. The van der Waals surface area contributed by atoms with Crippen LogP contribution in [0.15, 0.2) is 71.6 Å². The highest BCUT2D eigenvalue weighted by Gasteiger charge is 2.03.